The quantitative estimate of drug-likeness (QED) is 0.510. The van der Waals surface area contributed by atoms with Crippen molar-refractivity contribution < 1.29 is 19.8 Å². The van der Waals surface area contributed by atoms with Crippen molar-refractivity contribution in [3.8, 4) is 0 Å². The minimum Gasteiger partial charge on any atom is -0.479 e. The Balaban J connectivity index is 1.79. The van der Waals surface area contributed by atoms with Crippen LogP contribution in [-0.2, 0) is 9.59 Å². The molecule has 2 fully saturated rings. The first-order valence-electron chi connectivity index (χ1n) is 7.74. The number of hydrogen-bond donors (Lipinski definition) is 4. The van der Waals surface area contributed by atoms with Gasteiger partial charge in [-0.15, -0.1) is 0 Å². The Labute approximate surface area is 124 Å². The van der Waals surface area contributed by atoms with Gasteiger partial charge in [-0.1, -0.05) is 0 Å². The fourth-order valence-corrected chi connectivity index (χ4v) is 3.22. The van der Waals surface area contributed by atoms with Gasteiger partial charge in [-0.3, -0.25) is 9.69 Å². The van der Waals surface area contributed by atoms with Gasteiger partial charge in [0.15, 0.2) is 6.10 Å². The number of aliphatic carboxylic acids is 1. The van der Waals surface area contributed by atoms with Gasteiger partial charge in [-0.25, -0.2) is 4.79 Å². The first kappa shape index (κ1) is 16.2. The van der Waals surface area contributed by atoms with E-state index in [1.807, 2.05) is 0 Å². The van der Waals surface area contributed by atoms with Gasteiger partial charge >= 0.3 is 5.97 Å². The van der Waals surface area contributed by atoms with Crippen molar-refractivity contribution in [1.29, 1.82) is 0 Å². The van der Waals surface area contributed by atoms with Crippen LogP contribution >= 0.6 is 0 Å². The van der Waals surface area contributed by atoms with Gasteiger partial charge in [-0.2, -0.15) is 0 Å². The van der Waals surface area contributed by atoms with Crippen molar-refractivity contribution in [1.82, 2.24) is 15.5 Å². The molecular weight excluding hydrogens is 274 g/mol. The molecule has 0 saturated carbocycles. The number of nitrogens with one attached hydrogen (secondary N) is 2. The highest BCUT2D eigenvalue weighted by molar-refractivity contribution is 5.82. The summed E-state index contributed by atoms with van der Waals surface area (Å²) in [6.07, 6.45) is 2.66. The molecule has 0 aromatic rings. The van der Waals surface area contributed by atoms with Gasteiger partial charge in [-0.05, 0) is 45.3 Å². The lowest BCUT2D eigenvalue weighted by Gasteiger charge is -2.35. The summed E-state index contributed by atoms with van der Waals surface area (Å²) in [7, 11) is 0. The Kier molecular flexibility index (Phi) is 5.96. The lowest BCUT2D eigenvalue weighted by molar-refractivity contribution is -0.147. The lowest BCUT2D eigenvalue weighted by atomic mass is 10.0. The zero-order valence-corrected chi connectivity index (χ0v) is 12.3. The van der Waals surface area contributed by atoms with Gasteiger partial charge in [0.1, 0.15) is 0 Å². The third kappa shape index (κ3) is 4.39. The van der Waals surface area contributed by atoms with Crippen LogP contribution in [0.1, 0.15) is 32.1 Å². The largest absolute Gasteiger partial charge is 0.479 e. The highest BCUT2D eigenvalue weighted by atomic mass is 16.4. The molecule has 0 bridgehead atoms. The van der Waals surface area contributed by atoms with Crippen molar-refractivity contribution in [2.24, 2.45) is 0 Å². The predicted octanol–water partition coefficient (Wildman–Crippen LogP) is -0.845. The van der Waals surface area contributed by atoms with Crippen molar-refractivity contribution in [3.05, 3.63) is 0 Å². The summed E-state index contributed by atoms with van der Waals surface area (Å²) in [5.41, 5.74) is 0. The van der Waals surface area contributed by atoms with Gasteiger partial charge in [0.25, 0.3) is 0 Å². The van der Waals surface area contributed by atoms with Crippen molar-refractivity contribution in [2.45, 2.75) is 50.3 Å². The Morgan fingerprint density at radius 1 is 1.29 bits per heavy atom. The third-order valence-corrected chi connectivity index (χ3v) is 4.38. The number of rotatable bonds is 6. The molecule has 0 aromatic heterocycles. The first-order valence-corrected chi connectivity index (χ1v) is 7.74. The van der Waals surface area contributed by atoms with Crippen LogP contribution in [0.2, 0.25) is 0 Å². The molecule has 0 spiro atoms. The molecule has 2 aliphatic rings. The molecule has 120 valence electrons. The highest BCUT2D eigenvalue weighted by Gasteiger charge is 2.35. The molecule has 2 rings (SSSR count). The minimum atomic E-state index is -1.41. The van der Waals surface area contributed by atoms with Crippen molar-refractivity contribution >= 4 is 11.9 Å². The second-order valence-electron chi connectivity index (χ2n) is 5.81. The van der Waals surface area contributed by atoms with Crippen LogP contribution in [0.3, 0.4) is 0 Å². The van der Waals surface area contributed by atoms with Gasteiger partial charge in [0.05, 0.1) is 6.04 Å². The molecule has 2 saturated heterocycles. The summed E-state index contributed by atoms with van der Waals surface area (Å²) >= 11 is 0. The van der Waals surface area contributed by atoms with Crippen LogP contribution in [0.5, 0.6) is 0 Å². The smallest absolute Gasteiger partial charge is 0.332 e. The molecule has 1 amide bonds. The molecule has 4 N–H and O–H groups in total. The number of carboxylic acids is 1. The summed E-state index contributed by atoms with van der Waals surface area (Å²) in [6.45, 7) is 3.16. The van der Waals surface area contributed by atoms with Gasteiger partial charge in [0, 0.05) is 19.0 Å². The highest BCUT2D eigenvalue weighted by Crippen LogP contribution is 2.24. The zero-order chi connectivity index (χ0) is 15.2. The molecule has 0 aromatic carbocycles. The average molecular weight is 299 g/mol. The number of piperidine rings is 1. The van der Waals surface area contributed by atoms with Crippen LogP contribution in [0, 0.1) is 0 Å². The molecule has 2 aliphatic heterocycles. The zero-order valence-electron chi connectivity index (χ0n) is 12.3. The van der Waals surface area contributed by atoms with E-state index < -0.39 is 12.1 Å². The van der Waals surface area contributed by atoms with Crippen LogP contribution in [0.15, 0.2) is 0 Å². The first-order chi connectivity index (χ1) is 10.1. The fourth-order valence-electron chi connectivity index (χ4n) is 3.22. The third-order valence-electron chi connectivity index (χ3n) is 4.38. The summed E-state index contributed by atoms with van der Waals surface area (Å²) < 4.78 is 0. The molecule has 2 heterocycles. The standard InChI is InChI=1S/C14H25N3O4/c18-12(14(20)21)5-8-16-13(19)11-2-1-9-17(11)10-3-6-15-7-4-10/h10-12,15,18H,1-9H2,(H,16,19)(H,20,21). The van der Waals surface area contributed by atoms with Crippen LogP contribution in [0.25, 0.3) is 0 Å². The molecule has 7 heteroatoms. The number of carbonyl (C=O) groups is 2. The van der Waals surface area contributed by atoms with E-state index in [9.17, 15) is 14.7 Å². The molecule has 2 atom stereocenters. The van der Waals surface area contributed by atoms with E-state index in [2.05, 4.69) is 15.5 Å². The second kappa shape index (κ2) is 7.72. The Bertz CT molecular complexity index is 371. The maximum Gasteiger partial charge on any atom is 0.332 e. The normalized spacial score (nSPS) is 25.7. The molecule has 7 nitrogen and oxygen atoms in total. The summed E-state index contributed by atoms with van der Waals surface area (Å²) in [4.78, 5) is 25.1. The van der Waals surface area contributed by atoms with Crippen LogP contribution < -0.4 is 10.6 Å². The van der Waals surface area contributed by atoms with Gasteiger partial charge in [0.2, 0.25) is 5.91 Å². The van der Waals surface area contributed by atoms with Crippen molar-refractivity contribution in [3.63, 3.8) is 0 Å². The number of aliphatic hydroxyl groups is 1. The van der Waals surface area contributed by atoms with Gasteiger partial charge < -0.3 is 20.8 Å². The monoisotopic (exact) mass is 299 g/mol. The van der Waals surface area contributed by atoms with Crippen LogP contribution in [0.4, 0.5) is 0 Å². The molecule has 0 aliphatic carbocycles. The number of hydrogen-bond acceptors (Lipinski definition) is 5. The Morgan fingerprint density at radius 3 is 2.67 bits per heavy atom. The number of nitrogens with zero attached hydrogens (tertiary/aromatic N) is 1. The second-order valence-corrected chi connectivity index (χ2v) is 5.81. The summed E-state index contributed by atoms with van der Waals surface area (Å²) in [5, 5.41) is 23.9. The summed E-state index contributed by atoms with van der Waals surface area (Å²) in [6, 6.07) is 0.365. The molecular formula is C14H25N3O4. The van der Waals surface area contributed by atoms with E-state index in [-0.39, 0.29) is 24.9 Å². The average Bonchev–Trinajstić information content (AvgIpc) is 2.97. The predicted molar refractivity (Wildman–Crippen MR) is 76.9 cm³/mol. The lowest BCUT2D eigenvalue weighted by Crippen LogP contribution is -2.51. The van der Waals surface area contributed by atoms with E-state index >= 15 is 0 Å². The number of amides is 1. The Morgan fingerprint density at radius 2 is 2.00 bits per heavy atom. The van der Waals surface area contributed by atoms with E-state index in [4.69, 9.17) is 5.11 Å². The number of aliphatic hydroxyl groups excluding tert-OH is 1. The SMILES string of the molecule is O=C(O)C(O)CCNC(=O)C1CCCN1C1CCNCC1. The summed E-state index contributed by atoms with van der Waals surface area (Å²) in [5.74, 6) is -1.29. The minimum absolute atomic E-state index is 0.0383. The Hall–Kier alpha value is -1.18. The fraction of sp³-hybridized carbons (Fsp3) is 0.857. The number of carbonyl (C=O) groups excluding carboxylic acids is 1. The number of likely N-dealkylation sites (tertiary alicyclic amines) is 1. The van der Waals surface area contributed by atoms with Crippen LogP contribution in [-0.4, -0.2) is 71.4 Å². The maximum atomic E-state index is 12.3. The molecule has 2 unspecified atom stereocenters. The van der Waals surface area contributed by atoms with E-state index in [1.54, 1.807) is 0 Å². The number of carboxylic acid groups (broad SMARTS) is 1. The topological polar surface area (TPSA) is 102 Å². The van der Waals surface area contributed by atoms with E-state index in [0.29, 0.717) is 6.04 Å². The van der Waals surface area contributed by atoms with Crippen molar-refractivity contribution in [2.75, 3.05) is 26.2 Å². The van der Waals surface area contributed by atoms with E-state index in [0.717, 1.165) is 45.3 Å². The molecule has 21 heavy (non-hydrogen) atoms. The molecule has 0 radical (unpaired) electrons. The van der Waals surface area contributed by atoms with E-state index in [1.165, 1.54) is 0 Å². The maximum absolute atomic E-state index is 12.3.